The van der Waals surface area contributed by atoms with Crippen molar-refractivity contribution in [3.63, 3.8) is 0 Å². The van der Waals surface area contributed by atoms with Gasteiger partial charge in [0.25, 0.3) is 0 Å². The molecule has 3 aromatic rings. The van der Waals surface area contributed by atoms with Crippen LogP contribution < -0.4 is 0 Å². The van der Waals surface area contributed by atoms with Crippen molar-refractivity contribution in [1.29, 1.82) is 0 Å². The van der Waals surface area contributed by atoms with Gasteiger partial charge in [-0.05, 0) is 30.3 Å². The van der Waals surface area contributed by atoms with Crippen LogP contribution in [-0.4, -0.2) is 9.55 Å². The van der Waals surface area contributed by atoms with Crippen molar-refractivity contribution in [2.45, 2.75) is 5.88 Å². The first-order valence-corrected chi connectivity index (χ1v) is 7.08. The normalized spacial score (nSPS) is 11.2. The number of imidazole rings is 1. The molecule has 0 fully saturated rings. The van der Waals surface area contributed by atoms with E-state index in [0.29, 0.717) is 21.4 Å². The van der Waals surface area contributed by atoms with Crippen molar-refractivity contribution in [3.8, 4) is 5.69 Å². The zero-order valence-corrected chi connectivity index (χ0v) is 12.3. The molecule has 0 aliphatic heterocycles. The van der Waals surface area contributed by atoms with E-state index in [1.807, 2.05) is 0 Å². The minimum Gasteiger partial charge on any atom is -0.295 e. The lowest BCUT2D eigenvalue weighted by atomic mass is 10.2. The number of fused-ring (bicyclic) bond motifs is 1. The summed E-state index contributed by atoms with van der Waals surface area (Å²) in [6.45, 7) is 0. The second-order valence-electron chi connectivity index (χ2n) is 4.20. The highest BCUT2D eigenvalue weighted by Gasteiger charge is 2.15. The fourth-order valence-electron chi connectivity index (χ4n) is 2.12. The molecule has 0 spiro atoms. The first-order chi connectivity index (χ1) is 9.61. The Kier molecular flexibility index (Phi) is 3.59. The van der Waals surface area contributed by atoms with Gasteiger partial charge in [-0.1, -0.05) is 29.3 Å². The summed E-state index contributed by atoms with van der Waals surface area (Å²) in [7, 11) is 0. The number of rotatable bonds is 2. The molecule has 6 heteroatoms. The van der Waals surface area contributed by atoms with E-state index < -0.39 is 0 Å². The third-order valence-corrected chi connectivity index (χ3v) is 3.96. The summed E-state index contributed by atoms with van der Waals surface area (Å²) in [5.41, 5.74) is 1.66. The maximum Gasteiger partial charge on any atom is 0.151 e. The van der Waals surface area contributed by atoms with Crippen molar-refractivity contribution in [1.82, 2.24) is 9.55 Å². The van der Waals surface area contributed by atoms with Crippen molar-refractivity contribution in [2.24, 2.45) is 0 Å². The molecule has 0 aliphatic carbocycles. The van der Waals surface area contributed by atoms with E-state index in [9.17, 15) is 4.39 Å². The van der Waals surface area contributed by atoms with Gasteiger partial charge in [0.15, 0.2) is 5.82 Å². The van der Waals surface area contributed by atoms with Gasteiger partial charge in [0.05, 0.1) is 21.4 Å². The fourth-order valence-corrected chi connectivity index (χ4v) is 2.59. The topological polar surface area (TPSA) is 17.8 Å². The molecule has 0 unspecified atom stereocenters. The summed E-state index contributed by atoms with van der Waals surface area (Å²) in [5, 5.41) is 0.876. The molecule has 0 atom stereocenters. The largest absolute Gasteiger partial charge is 0.295 e. The highest BCUT2D eigenvalue weighted by atomic mass is 35.5. The number of hydrogen-bond donors (Lipinski definition) is 0. The molecule has 1 aromatic heterocycles. The lowest BCUT2D eigenvalue weighted by molar-refractivity contribution is 0.637. The zero-order valence-electron chi connectivity index (χ0n) is 10.1. The Hall–Kier alpha value is -1.29. The van der Waals surface area contributed by atoms with Crippen molar-refractivity contribution in [2.75, 3.05) is 0 Å². The third kappa shape index (κ3) is 2.16. The number of aromatic nitrogens is 2. The smallest absolute Gasteiger partial charge is 0.151 e. The maximum atomic E-state index is 13.8. The van der Waals surface area contributed by atoms with E-state index in [0.717, 1.165) is 5.69 Å². The first-order valence-electron chi connectivity index (χ1n) is 5.79. The molecule has 0 N–H and O–H groups in total. The summed E-state index contributed by atoms with van der Waals surface area (Å²) in [6, 6.07) is 9.95. The van der Waals surface area contributed by atoms with Gasteiger partial charge >= 0.3 is 0 Å². The van der Waals surface area contributed by atoms with Gasteiger partial charge < -0.3 is 0 Å². The lowest BCUT2D eigenvalue weighted by Gasteiger charge is -2.08. The van der Waals surface area contributed by atoms with Crippen LogP contribution in [-0.2, 0) is 5.88 Å². The predicted octanol–water partition coefficient (Wildman–Crippen LogP) is 5.21. The van der Waals surface area contributed by atoms with Crippen LogP contribution in [0.5, 0.6) is 0 Å². The molecule has 0 bridgehead atoms. The number of nitrogens with zero attached hydrogens (tertiary/aromatic N) is 2. The van der Waals surface area contributed by atoms with Crippen LogP contribution in [0, 0.1) is 5.82 Å². The minimum absolute atomic E-state index is 0.161. The number of para-hydroxylation sites is 1. The average molecular weight is 330 g/mol. The van der Waals surface area contributed by atoms with Crippen molar-refractivity contribution >= 4 is 45.8 Å². The number of benzene rings is 2. The van der Waals surface area contributed by atoms with E-state index in [1.165, 1.54) is 6.07 Å². The quantitative estimate of drug-likeness (QED) is 0.590. The number of halogens is 4. The summed E-state index contributed by atoms with van der Waals surface area (Å²) in [5.74, 6) is 0.326. The monoisotopic (exact) mass is 328 g/mol. The average Bonchev–Trinajstić information content (AvgIpc) is 2.82. The van der Waals surface area contributed by atoms with Crippen LogP contribution in [0.2, 0.25) is 10.0 Å². The molecule has 0 saturated carbocycles. The Labute approximate surface area is 129 Å². The second kappa shape index (κ2) is 5.24. The van der Waals surface area contributed by atoms with Gasteiger partial charge in [-0.15, -0.1) is 11.6 Å². The molecule has 0 saturated heterocycles. The molecule has 1 heterocycles. The van der Waals surface area contributed by atoms with Crippen LogP contribution in [0.15, 0.2) is 36.4 Å². The predicted molar refractivity (Wildman–Crippen MR) is 80.6 cm³/mol. The summed E-state index contributed by atoms with van der Waals surface area (Å²) < 4.78 is 15.6. The Morgan fingerprint density at radius 1 is 1.10 bits per heavy atom. The standard InChI is InChI=1S/C14H8Cl3FN2/c15-7-13-19-14-11(18)2-1-3-12(14)20(13)8-4-5-9(16)10(17)6-8/h1-6H,7H2. The SMILES string of the molecule is Fc1cccc2c1nc(CCl)n2-c1ccc(Cl)c(Cl)c1. The van der Waals surface area contributed by atoms with Gasteiger partial charge in [-0.2, -0.15) is 0 Å². The Morgan fingerprint density at radius 3 is 2.60 bits per heavy atom. The van der Waals surface area contributed by atoms with Gasteiger partial charge in [0.2, 0.25) is 0 Å². The van der Waals surface area contributed by atoms with Crippen LogP contribution >= 0.6 is 34.8 Å². The molecule has 2 aromatic carbocycles. The molecule has 3 rings (SSSR count). The number of hydrogen-bond acceptors (Lipinski definition) is 1. The second-order valence-corrected chi connectivity index (χ2v) is 5.28. The minimum atomic E-state index is -0.382. The van der Waals surface area contributed by atoms with Crippen molar-refractivity contribution < 1.29 is 4.39 Å². The Morgan fingerprint density at radius 2 is 1.90 bits per heavy atom. The first kappa shape index (κ1) is 13.7. The van der Waals surface area contributed by atoms with Gasteiger partial charge in [-0.3, -0.25) is 4.57 Å². The van der Waals surface area contributed by atoms with E-state index in [1.54, 1.807) is 34.9 Å². The van der Waals surface area contributed by atoms with E-state index in [-0.39, 0.29) is 17.2 Å². The van der Waals surface area contributed by atoms with E-state index in [4.69, 9.17) is 34.8 Å². The highest BCUT2D eigenvalue weighted by Crippen LogP contribution is 2.29. The van der Waals surface area contributed by atoms with Crippen LogP contribution in [0.1, 0.15) is 5.82 Å². The fraction of sp³-hybridized carbons (Fsp3) is 0.0714. The zero-order chi connectivity index (χ0) is 14.3. The molecule has 20 heavy (non-hydrogen) atoms. The Bertz CT molecular complexity index is 798. The Balaban J connectivity index is 2.34. The van der Waals surface area contributed by atoms with Crippen LogP contribution in [0.25, 0.3) is 16.7 Å². The summed E-state index contributed by atoms with van der Waals surface area (Å²) in [6.07, 6.45) is 0. The summed E-state index contributed by atoms with van der Waals surface area (Å²) >= 11 is 17.9. The highest BCUT2D eigenvalue weighted by molar-refractivity contribution is 6.42. The van der Waals surface area contributed by atoms with E-state index >= 15 is 0 Å². The van der Waals surface area contributed by atoms with E-state index in [2.05, 4.69) is 4.98 Å². The molecule has 0 aliphatic rings. The molecular formula is C14H8Cl3FN2. The molecule has 2 nitrogen and oxygen atoms in total. The third-order valence-electron chi connectivity index (χ3n) is 2.99. The van der Waals surface area contributed by atoms with Gasteiger partial charge in [0, 0.05) is 5.69 Å². The van der Waals surface area contributed by atoms with Crippen LogP contribution in [0.3, 0.4) is 0 Å². The van der Waals surface area contributed by atoms with Gasteiger partial charge in [0.1, 0.15) is 11.3 Å². The molecular weight excluding hydrogens is 322 g/mol. The van der Waals surface area contributed by atoms with Crippen LogP contribution in [0.4, 0.5) is 4.39 Å². The molecule has 102 valence electrons. The van der Waals surface area contributed by atoms with Crippen molar-refractivity contribution in [3.05, 3.63) is 58.1 Å². The summed E-state index contributed by atoms with van der Waals surface area (Å²) in [4.78, 5) is 4.24. The molecule has 0 amide bonds. The maximum absolute atomic E-state index is 13.8. The molecule has 0 radical (unpaired) electrons. The van der Waals surface area contributed by atoms with Gasteiger partial charge in [-0.25, -0.2) is 9.37 Å². The number of alkyl halides is 1. The lowest BCUT2D eigenvalue weighted by Crippen LogP contribution is -1.99.